The van der Waals surface area contributed by atoms with Crippen LogP contribution in [0.25, 0.3) is 11.0 Å². The first-order chi connectivity index (χ1) is 9.74. The summed E-state index contributed by atoms with van der Waals surface area (Å²) in [4.78, 5) is 4.37. The summed E-state index contributed by atoms with van der Waals surface area (Å²) in [5.41, 5.74) is 2.04. The van der Waals surface area contributed by atoms with Gasteiger partial charge in [0.25, 0.3) is 0 Å². The van der Waals surface area contributed by atoms with Gasteiger partial charge in [-0.1, -0.05) is 6.92 Å². The molecule has 20 heavy (non-hydrogen) atoms. The Morgan fingerprint density at radius 3 is 2.90 bits per heavy atom. The lowest BCUT2D eigenvalue weighted by Crippen LogP contribution is -2.37. The van der Waals surface area contributed by atoms with E-state index < -0.39 is 0 Å². The first-order valence-electron chi connectivity index (χ1n) is 6.75. The van der Waals surface area contributed by atoms with Crippen molar-refractivity contribution in [3.05, 3.63) is 24.5 Å². The van der Waals surface area contributed by atoms with Gasteiger partial charge >= 0.3 is 0 Å². The molecule has 0 radical (unpaired) electrons. The summed E-state index contributed by atoms with van der Waals surface area (Å²) < 4.78 is 7.34. The van der Waals surface area contributed by atoms with E-state index in [0.29, 0.717) is 5.11 Å². The lowest BCUT2D eigenvalue weighted by Gasteiger charge is -2.10. The topological polar surface area (TPSA) is 51.1 Å². The van der Waals surface area contributed by atoms with Gasteiger partial charge in [-0.15, -0.1) is 0 Å². The highest BCUT2D eigenvalue weighted by Crippen LogP contribution is 2.19. The van der Waals surface area contributed by atoms with Crippen LogP contribution in [-0.4, -0.2) is 34.9 Å². The van der Waals surface area contributed by atoms with Gasteiger partial charge in [0.15, 0.2) is 5.11 Å². The van der Waals surface area contributed by atoms with E-state index >= 15 is 0 Å². The first-order valence-corrected chi connectivity index (χ1v) is 7.16. The minimum absolute atomic E-state index is 0.703. The molecule has 5 nitrogen and oxygen atoms in total. The highest BCUT2D eigenvalue weighted by atomic mass is 32.1. The number of rotatable bonds is 6. The predicted molar refractivity (Wildman–Crippen MR) is 85.2 cm³/mol. The quantitative estimate of drug-likeness (QED) is 0.797. The standard InChI is InChI=1S/C14H20N4OS/c1-3-6-15-14(20)16-7-8-18-10-17-12-5-4-11(19-2)9-13(12)18/h4-5,9-10H,3,6-8H2,1-2H3,(H2,15,16,20). The third-order valence-corrected chi connectivity index (χ3v) is 3.29. The Morgan fingerprint density at radius 1 is 1.35 bits per heavy atom. The van der Waals surface area contributed by atoms with Crippen LogP contribution in [0, 0.1) is 0 Å². The van der Waals surface area contributed by atoms with Crippen LogP contribution in [0.2, 0.25) is 0 Å². The van der Waals surface area contributed by atoms with Gasteiger partial charge < -0.3 is 19.9 Å². The van der Waals surface area contributed by atoms with Crippen molar-refractivity contribution in [1.29, 1.82) is 0 Å². The maximum absolute atomic E-state index is 5.25. The van der Waals surface area contributed by atoms with Crippen LogP contribution >= 0.6 is 12.2 Å². The zero-order chi connectivity index (χ0) is 14.4. The Labute approximate surface area is 124 Å². The number of benzene rings is 1. The third-order valence-electron chi connectivity index (χ3n) is 3.00. The maximum Gasteiger partial charge on any atom is 0.166 e. The van der Waals surface area contributed by atoms with Crippen LogP contribution in [0.15, 0.2) is 24.5 Å². The number of thiocarbonyl (C=S) groups is 1. The van der Waals surface area contributed by atoms with Crippen LogP contribution < -0.4 is 15.4 Å². The molecular weight excluding hydrogens is 272 g/mol. The molecule has 2 aromatic rings. The highest BCUT2D eigenvalue weighted by molar-refractivity contribution is 7.80. The number of hydrogen-bond donors (Lipinski definition) is 2. The number of nitrogens with zero attached hydrogens (tertiary/aromatic N) is 2. The van der Waals surface area contributed by atoms with Gasteiger partial charge in [0.1, 0.15) is 5.75 Å². The monoisotopic (exact) mass is 292 g/mol. The Hall–Kier alpha value is -1.82. The van der Waals surface area contributed by atoms with Gasteiger partial charge in [-0.25, -0.2) is 4.98 Å². The minimum Gasteiger partial charge on any atom is -0.497 e. The second kappa shape index (κ2) is 7.09. The largest absolute Gasteiger partial charge is 0.497 e. The van der Waals surface area contributed by atoms with E-state index in [4.69, 9.17) is 17.0 Å². The molecule has 0 unspecified atom stereocenters. The zero-order valence-corrected chi connectivity index (χ0v) is 12.7. The Kier molecular flexibility index (Phi) is 5.17. The van der Waals surface area contributed by atoms with Crippen molar-refractivity contribution in [3.8, 4) is 5.75 Å². The summed E-state index contributed by atoms with van der Waals surface area (Å²) in [5, 5.41) is 7.04. The number of aromatic nitrogens is 2. The molecule has 0 saturated carbocycles. The molecule has 0 aliphatic rings. The number of imidazole rings is 1. The number of nitrogens with one attached hydrogen (secondary N) is 2. The van der Waals surface area contributed by atoms with Crippen LogP contribution in [0.5, 0.6) is 5.75 Å². The molecule has 2 rings (SSSR count). The molecule has 0 bridgehead atoms. The van der Waals surface area contributed by atoms with Crippen molar-refractivity contribution < 1.29 is 4.74 Å². The summed E-state index contributed by atoms with van der Waals surface area (Å²) in [6.45, 7) is 4.58. The fourth-order valence-electron chi connectivity index (χ4n) is 1.93. The van der Waals surface area contributed by atoms with E-state index in [-0.39, 0.29) is 0 Å². The maximum atomic E-state index is 5.25. The van der Waals surface area contributed by atoms with E-state index in [9.17, 15) is 0 Å². The predicted octanol–water partition coefficient (Wildman–Crippen LogP) is 1.92. The van der Waals surface area contributed by atoms with Crippen molar-refractivity contribution in [3.63, 3.8) is 0 Å². The molecule has 108 valence electrons. The van der Waals surface area contributed by atoms with Gasteiger partial charge in [0.05, 0.1) is 24.5 Å². The van der Waals surface area contributed by atoms with Crippen molar-refractivity contribution in [2.24, 2.45) is 0 Å². The van der Waals surface area contributed by atoms with E-state index in [1.54, 1.807) is 7.11 Å². The van der Waals surface area contributed by atoms with Gasteiger partial charge in [-0.2, -0.15) is 0 Å². The zero-order valence-electron chi connectivity index (χ0n) is 11.8. The SMILES string of the molecule is CCCNC(=S)NCCn1cnc2ccc(OC)cc21. The fourth-order valence-corrected chi connectivity index (χ4v) is 2.14. The second-order valence-corrected chi connectivity index (χ2v) is 4.88. The number of fused-ring (bicyclic) bond motifs is 1. The van der Waals surface area contributed by atoms with Crippen molar-refractivity contribution in [1.82, 2.24) is 20.2 Å². The molecule has 0 fully saturated rings. The van der Waals surface area contributed by atoms with Crippen LogP contribution in [0.4, 0.5) is 0 Å². The average Bonchev–Trinajstić information content (AvgIpc) is 2.87. The van der Waals surface area contributed by atoms with E-state index in [1.165, 1.54) is 0 Å². The fraction of sp³-hybridized carbons (Fsp3) is 0.429. The molecule has 0 atom stereocenters. The molecule has 0 aliphatic carbocycles. The summed E-state index contributed by atoms with van der Waals surface area (Å²) in [6, 6.07) is 5.88. The van der Waals surface area contributed by atoms with Crippen LogP contribution in [0.1, 0.15) is 13.3 Å². The van der Waals surface area contributed by atoms with E-state index in [0.717, 1.165) is 42.8 Å². The molecule has 0 saturated heterocycles. The summed E-state index contributed by atoms with van der Waals surface area (Å²) >= 11 is 5.18. The third kappa shape index (κ3) is 3.60. The lowest BCUT2D eigenvalue weighted by molar-refractivity contribution is 0.415. The normalized spacial score (nSPS) is 10.5. The molecule has 6 heteroatoms. The first kappa shape index (κ1) is 14.6. The summed E-state index contributed by atoms with van der Waals surface area (Å²) in [7, 11) is 1.67. The molecule has 0 spiro atoms. The lowest BCUT2D eigenvalue weighted by atomic mass is 10.3. The molecular formula is C14H20N4OS. The van der Waals surface area contributed by atoms with Crippen LogP contribution in [0.3, 0.4) is 0 Å². The van der Waals surface area contributed by atoms with Crippen LogP contribution in [-0.2, 0) is 6.54 Å². The van der Waals surface area contributed by atoms with Gasteiger partial charge in [0, 0.05) is 25.7 Å². The van der Waals surface area contributed by atoms with Crippen molar-refractivity contribution in [2.45, 2.75) is 19.9 Å². The van der Waals surface area contributed by atoms with Crippen molar-refractivity contribution >= 4 is 28.4 Å². The van der Waals surface area contributed by atoms with E-state index in [2.05, 4.69) is 27.1 Å². The molecule has 0 amide bonds. The molecule has 1 aromatic carbocycles. The van der Waals surface area contributed by atoms with E-state index in [1.807, 2.05) is 24.5 Å². The Balaban J connectivity index is 1.94. The Morgan fingerprint density at radius 2 is 2.15 bits per heavy atom. The molecule has 2 N–H and O–H groups in total. The summed E-state index contributed by atoms with van der Waals surface area (Å²) in [5.74, 6) is 0.840. The summed E-state index contributed by atoms with van der Waals surface area (Å²) in [6.07, 6.45) is 2.90. The van der Waals surface area contributed by atoms with Gasteiger partial charge in [-0.3, -0.25) is 0 Å². The smallest absolute Gasteiger partial charge is 0.166 e. The molecule has 1 aromatic heterocycles. The minimum atomic E-state index is 0.703. The number of methoxy groups -OCH3 is 1. The highest BCUT2D eigenvalue weighted by Gasteiger charge is 2.04. The molecule has 0 aliphatic heterocycles. The number of ether oxygens (including phenoxy) is 1. The van der Waals surface area contributed by atoms with Crippen molar-refractivity contribution in [2.75, 3.05) is 20.2 Å². The van der Waals surface area contributed by atoms with Gasteiger partial charge in [0.2, 0.25) is 0 Å². The Bertz CT molecular complexity index is 582. The average molecular weight is 292 g/mol. The van der Waals surface area contributed by atoms with Gasteiger partial charge in [-0.05, 0) is 30.8 Å². The number of hydrogen-bond acceptors (Lipinski definition) is 3. The second-order valence-electron chi connectivity index (χ2n) is 4.48. The molecule has 1 heterocycles.